The highest BCUT2D eigenvalue weighted by Gasteiger charge is 2.11. The lowest BCUT2D eigenvalue weighted by Crippen LogP contribution is -2.14. The zero-order valence-corrected chi connectivity index (χ0v) is 12.9. The maximum absolute atomic E-state index is 12.0. The van der Waals surface area contributed by atoms with E-state index in [9.17, 15) is 4.79 Å². The minimum absolute atomic E-state index is 0.183. The lowest BCUT2D eigenvalue weighted by molar-refractivity contribution is -0.113. The van der Waals surface area contributed by atoms with E-state index in [1.807, 2.05) is 13.8 Å². The number of carbonyl (C=O) groups excluding carboxylic acids is 1. The number of rotatable bonds is 5. The van der Waals surface area contributed by atoms with Crippen molar-refractivity contribution in [2.24, 2.45) is 0 Å². The molecule has 0 bridgehead atoms. The van der Waals surface area contributed by atoms with E-state index in [0.717, 1.165) is 11.5 Å². The molecule has 6 nitrogen and oxygen atoms in total. The molecular formula is C14H17N3O3S. The monoisotopic (exact) mass is 307 g/mol. The quantitative estimate of drug-likeness (QED) is 0.652. The highest BCUT2D eigenvalue weighted by atomic mass is 32.2. The van der Waals surface area contributed by atoms with Gasteiger partial charge in [-0.3, -0.25) is 4.79 Å². The number of aryl methyl sites for hydroxylation is 2. The summed E-state index contributed by atoms with van der Waals surface area (Å²) in [7, 11) is 1.54. The molecule has 0 aliphatic rings. The van der Waals surface area contributed by atoms with Crippen LogP contribution in [-0.4, -0.2) is 23.8 Å². The van der Waals surface area contributed by atoms with E-state index >= 15 is 0 Å². The summed E-state index contributed by atoms with van der Waals surface area (Å²) in [5, 5.41) is 3.25. The number of thioether (sulfide) groups is 1. The maximum Gasteiger partial charge on any atom is 0.256 e. The van der Waals surface area contributed by atoms with Crippen LogP contribution in [0.15, 0.2) is 27.8 Å². The van der Waals surface area contributed by atoms with Crippen LogP contribution in [-0.2, 0) is 4.79 Å². The summed E-state index contributed by atoms with van der Waals surface area (Å²) in [6.07, 6.45) is 0. The number of anilines is 2. The number of nitrogen functional groups attached to an aromatic ring is 1. The lowest BCUT2D eigenvalue weighted by Gasteiger charge is -2.10. The van der Waals surface area contributed by atoms with Crippen molar-refractivity contribution >= 4 is 29.0 Å². The molecule has 0 saturated heterocycles. The number of nitrogens with two attached hydrogens (primary N) is 1. The van der Waals surface area contributed by atoms with Gasteiger partial charge in [0.25, 0.3) is 5.22 Å². The van der Waals surface area contributed by atoms with Gasteiger partial charge in [0.2, 0.25) is 5.91 Å². The third-order valence-electron chi connectivity index (χ3n) is 2.83. The van der Waals surface area contributed by atoms with Crippen molar-refractivity contribution < 1.29 is 13.9 Å². The Morgan fingerprint density at radius 3 is 2.86 bits per heavy atom. The number of amides is 1. The molecule has 0 fully saturated rings. The van der Waals surface area contributed by atoms with Gasteiger partial charge in [-0.05, 0) is 32.0 Å². The number of nitrogens with one attached hydrogen (secondary N) is 1. The van der Waals surface area contributed by atoms with Crippen LogP contribution in [0.2, 0.25) is 0 Å². The van der Waals surface area contributed by atoms with Gasteiger partial charge in [0.05, 0.1) is 24.2 Å². The molecule has 3 N–H and O–H groups in total. The molecule has 112 valence electrons. The molecule has 1 heterocycles. The van der Waals surface area contributed by atoms with Crippen LogP contribution in [0, 0.1) is 13.8 Å². The minimum Gasteiger partial charge on any atom is -0.495 e. The van der Waals surface area contributed by atoms with Gasteiger partial charge in [-0.25, -0.2) is 4.98 Å². The Morgan fingerprint density at radius 1 is 1.48 bits per heavy atom. The molecule has 0 atom stereocenters. The van der Waals surface area contributed by atoms with Crippen molar-refractivity contribution in [1.29, 1.82) is 0 Å². The third-order valence-corrected chi connectivity index (χ3v) is 3.66. The van der Waals surface area contributed by atoms with Crippen molar-refractivity contribution in [3.8, 4) is 5.75 Å². The second-order valence-electron chi connectivity index (χ2n) is 4.42. The Bertz CT molecular complexity index is 635. The molecule has 0 aliphatic heterocycles. The number of nitrogens with zero attached hydrogens (tertiary/aromatic N) is 1. The first-order valence-electron chi connectivity index (χ1n) is 6.30. The smallest absolute Gasteiger partial charge is 0.256 e. The number of benzene rings is 1. The number of oxazole rings is 1. The largest absolute Gasteiger partial charge is 0.495 e. The molecule has 1 amide bonds. The van der Waals surface area contributed by atoms with E-state index in [2.05, 4.69) is 10.3 Å². The predicted molar refractivity (Wildman–Crippen MR) is 82.7 cm³/mol. The van der Waals surface area contributed by atoms with Crippen molar-refractivity contribution in [2.45, 2.75) is 19.1 Å². The normalized spacial score (nSPS) is 10.4. The summed E-state index contributed by atoms with van der Waals surface area (Å²) in [6, 6.07) is 5.07. The lowest BCUT2D eigenvalue weighted by atomic mass is 10.2. The number of hydrogen-bond donors (Lipinski definition) is 2. The van der Waals surface area contributed by atoms with Gasteiger partial charge in [0.1, 0.15) is 11.5 Å². The fourth-order valence-electron chi connectivity index (χ4n) is 1.64. The van der Waals surface area contributed by atoms with Gasteiger partial charge in [0, 0.05) is 5.69 Å². The van der Waals surface area contributed by atoms with Gasteiger partial charge in [-0.15, -0.1) is 0 Å². The number of carbonyl (C=O) groups is 1. The van der Waals surface area contributed by atoms with Crippen molar-refractivity contribution in [3.05, 3.63) is 29.7 Å². The van der Waals surface area contributed by atoms with E-state index in [4.69, 9.17) is 14.9 Å². The standard InChI is InChI=1S/C14H17N3O3S/c1-8-9(2)20-14(16-8)21-7-13(18)17-11-6-10(15)4-5-12(11)19-3/h4-6H,7,15H2,1-3H3,(H,17,18). The first kappa shape index (κ1) is 15.2. The highest BCUT2D eigenvalue weighted by Crippen LogP contribution is 2.27. The van der Waals surface area contributed by atoms with Gasteiger partial charge < -0.3 is 20.2 Å². The Kier molecular flexibility index (Phi) is 4.74. The predicted octanol–water partition coefficient (Wildman–Crippen LogP) is 2.61. The van der Waals surface area contributed by atoms with Crippen molar-refractivity contribution in [2.75, 3.05) is 23.9 Å². The van der Waals surface area contributed by atoms with Crippen LogP contribution < -0.4 is 15.8 Å². The average Bonchev–Trinajstić information content (AvgIpc) is 2.76. The molecule has 21 heavy (non-hydrogen) atoms. The maximum atomic E-state index is 12.0. The molecule has 0 saturated carbocycles. The Balaban J connectivity index is 1.97. The van der Waals surface area contributed by atoms with E-state index in [1.165, 1.54) is 18.9 Å². The minimum atomic E-state index is -0.183. The van der Waals surface area contributed by atoms with Crippen LogP contribution in [0.3, 0.4) is 0 Å². The number of methoxy groups -OCH3 is 1. The van der Waals surface area contributed by atoms with Gasteiger partial charge in [-0.2, -0.15) is 0 Å². The summed E-state index contributed by atoms with van der Waals surface area (Å²) >= 11 is 1.24. The summed E-state index contributed by atoms with van der Waals surface area (Å²) < 4.78 is 10.6. The fraction of sp³-hybridized carbons (Fsp3) is 0.286. The fourth-order valence-corrected chi connectivity index (χ4v) is 2.35. The summed E-state index contributed by atoms with van der Waals surface area (Å²) in [5.41, 5.74) is 7.63. The van der Waals surface area contributed by atoms with E-state index in [0.29, 0.717) is 22.3 Å². The second kappa shape index (κ2) is 6.53. The molecule has 0 aliphatic carbocycles. The van der Waals surface area contributed by atoms with E-state index < -0.39 is 0 Å². The Hall–Kier alpha value is -2.15. The highest BCUT2D eigenvalue weighted by molar-refractivity contribution is 7.99. The molecule has 0 spiro atoms. The van der Waals surface area contributed by atoms with Crippen molar-refractivity contribution in [1.82, 2.24) is 4.98 Å². The van der Waals surface area contributed by atoms with E-state index in [1.54, 1.807) is 18.2 Å². The summed E-state index contributed by atoms with van der Waals surface area (Å²) in [6.45, 7) is 3.70. The average molecular weight is 307 g/mol. The number of aromatic nitrogens is 1. The van der Waals surface area contributed by atoms with E-state index in [-0.39, 0.29) is 11.7 Å². The summed E-state index contributed by atoms with van der Waals surface area (Å²) in [5.74, 6) is 1.33. The molecule has 2 aromatic rings. The SMILES string of the molecule is COc1ccc(N)cc1NC(=O)CSc1nc(C)c(C)o1. The third kappa shape index (κ3) is 3.91. The van der Waals surface area contributed by atoms with Crippen LogP contribution >= 0.6 is 11.8 Å². The second-order valence-corrected chi connectivity index (χ2v) is 5.34. The Labute approximate surface area is 127 Å². The zero-order valence-electron chi connectivity index (χ0n) is 12.1. The van der Waals surface area contributed by atoms with Gasteiger partial charge >= 0.3 is 0 Å². The van der Waals surface area contributed by atoms with Crippen LogP contribution in [0.1, 0.15) is 11.5 Å². The molecule has 1 aromatic carbocycles. The van der Waals surface area contributed by atoms with Crippen LogP contribution in [0.25, 0.3) is 0 Å². The number of hydrogen-bond acceptors (Lipinski definition) is 6. The Morgan fingerprint density at radius 2 is 2.24 bits per heavy atom. The summed E-state index contributed by atoms with van der Waals surface area (Å²) in [4.78, 5) is 16.2. The molecular weight excluding hydrogens is 290 g/mol. The molecule has 7 heteroatoms. The first-order chi connectivity index (χ1) is 9.99. The molecule has 2 rings (SSSR count). The van der Waals surface area contributed by atoms with Crippen molar-refractivity contribution in [3.63, 3.8) is 0 Å². The molecule has 0 radical (unpaired) electrons. The number of ether oxygens (including phenoxy) is 1. The van der Waals surface area contributed by atoms with Crippen LogP contribution in [0.4, 0.5) is 11.4 Å². The van der Waals surface area contributed by atoms with Crippen LogP contribution in [0.5, 0.6) is 5.75 Å². The molecule has 1 aromatic heterocycles. The first-order valence-corrected chi connectivity index (χ1v) is 7.28. The molecule has 0 unspecified atom stereocenters. The van der Waals surface area contributed by atoms with Gasteiger partial charge in [0.15, 0.2) is 0 Å². The zero-order chi connectivity index (χ0) is 15.4. The topological polar surface area (TPSA) is 90.4 Å². The van der Waals surface area contributed by atoms with Gasteiger partial charge in [-0.1, -0.05) is 11.8 Å².